The Kier molecular flexibility index (Phi) is 4.41. The predicted octanol–water partition coefficient (Wildman–Crippen LogP) is 1.15. The van der Waals surface area contributed by atoms with Crippen LogP contribution in [-0.4, -0.2) is 35.1 Å². The first-order valence-electron chi connectivity index (χ1n) is 5.52. The number of nitrogens with two attached hydrogens (primary N) is 1. The number of likely N-dealkylation sites (N-methyl/N-ethyl adjacent to an activating group) is 1. The molecular formula is C11H13F4N3O2. The molecule has 0 unspecified atom stereocenters. The van der Waals surface area contributed by atoms with E-state index < -0.39 is 41.7 Å². The summed E-state index contributed by atoms with van der Waals surface area (Å²) in [5.41, 5.74) is 4.01. The molecule has 0 aromatic carbocycles. The number of amides is 1. The lowest BCUT2D eigenvalue weighted by molar-refractivity contribution is -0.160. The van der Waals surface area contributed by atoms with Crippen LogP contribution in [-0.2, 0) is 4.79 Å². The molecule has 0 aliphatic rings. The van der Waals surface area contributed by atoms with E-state index in [4.69, 9.17) is 5.73 Å². The Hall–Kier alpha value is -2.06. The zero-order valence-electron chi connectivity index (χ0n) is 10.7. The number of anilines is 1. The highest BCUT2D eigenvalue weighted by molar-refractivity contribution is 5.79. The third kappa shape index (κ3) is 3.72. The molecule has 1 amide bonds. The van der Waals surface area contributed by atoms with Gasteiger partial charge in [0.05, 0.1) is 5.69 Å². The van der Waals surface area contributed by atoms with Gasteiger partial charge in [-0.1, -0.05) is 0 Å². The van der Waals surface area contributed by atoms with Crippen molar-refractivity contribution in [3.05, 3.63) is 28.4 Å². The van der Waals surface area contributed by atoms with Crippen LogP contribution in [0.2, 0.25) is 0 Å². The van der Waals surface area contributed by atoms with Gasteiger partial charge in [-0.15, -0.1) is 0 Å². The molecule has 1 rings (SSSR count). The van der Waals surface area contributed by atoms with Crippen molar-refractivity contribution in [2.45, 2.75) is 19.1 Å². The highest BCUT2D eigenvalue weighted by atomic mass is 19.4. The second-order valence-corrected chi connectivity index (χ2v) is 4.31. The number of nitrogen functional groups attached to an aromatic ring is 1. The predicted molar refractivity (Wildman–Crippen MR) is 63.5 cm³/mol. The largest absolute Gasteiger partial charge is 0.406 e. The van der Waals surface area contributed by atoms with Gasteiger partial charge in [-0.25, -0.2) is 4.39 Å². The minimum absolute atomic E-state index is 0.394. The highest BCUT2D eigenvalue weighted by Gasteiger charge is 2.33. The summed E-state index contributed by atoms with van der Waals surface area (Å²) in [4.78, 5) is 23.8. The molecule has 0 saturated carbocycles. The summed E-state index contributed by atoms with van der Waals surface area (Å²) in [6.45, 7) is -0.255. The SMILES string of the molecule is C[C@H](C(=O)N(C)CC(F)(F)F)n1cc(F)c(N)cc1=O. The summed E-state index contributed by atoms with van der Waals surface area (Å²) in [6, 6.07) is -0.506. The number of hydrogen-bond acceptors (Lipinski definition) is 3. The summed E-state index contributed by atoms with van der Waals surface area (Å²) in [6.07, 6.45) is -3.86. The van der Waals surface area contributed by atoms with E-state index >= 15 is 0 Å². The summed E-state index contributed by atoms with van der Waals surface area (Å²) in [5, 5.41) is 0. The number of rotatable bonds is 3. The van der Waals surface area contributed by atoms with Gasteiger partial charge < -0.3 is 15.2 Å². The Morgan fingerprint density at radius 2 is 2.05 bits per heavy atom. The smallest absolute Gasteiger partial charge is 0.396 e. The maximum Gasteiger partial charge on any atom is 0.406 e. The molecule has 0 spiro atoms. The normalized spacial score (nSPS) is 13.1. The maximum atomic E-state index is 13.3. The number of aromatic nitrogens is 1. The molecule has 0 fully saturated rings. The van der Waals surface area contributed by atoms with E-state index in [-0.39, 0.29) is 0 Å². The molecule has 2 N–H and O–H groups in total. The average molecular weight is 295 g/mol. The standard InChI is InChI=1S/C11H13F4N3O2/c1-6(10(20)17(2)5-11(13,14)15)18-4-7(12)8(16)3-9(18)19/h3-4,6H,5,16H2,1-2H3/t6-/m1/s1. The zero-order valence-corrected chi connectivity index (χ0v) is 10.7. The van der Waals surface area contributed by atoms with Crippen molar-refractivity contribution < 1.29 is 22.4 Å². The quantitative estimate of drug-likeness (QED) is 0.851. The average Bonchev–Trinajstić information content (AvgIpc) is 2.29. The van der Waals surface area contributed by atoms with Crippen LogP contribution < -0.4 is 11.3 Å². The molecule has 0 radical (unpaired) electrons. The Bertz CT molecular complexity index is 568. The van der Waals surface area contributed by atoms with Crippen molar-refractivity contribution in [1.82, 2.24) is 9.47 Å². The Labute approximate surface area is 111 Å². The molecule has 1 aromatic rings. The second kappa shape index (κ2) is 5.51. The molecule has 0 saturated heterocycles. The van der Waals surface area contributed by atoms with E-state index in [2.05, 4.69) is 0 Å². The van der Waals surface area contributed by atoms with Gasteiger partial charge >= 0.3 is 6.18 Å². The van der Waals surface area contributed by atoms with Gasteiger partial charge in [-0.05, 0) is 6.92 Å². The summed E-state index contributed by atoms with van der Waals surface area (Å²) in [5.74, 6) is -1.89. The maximum absolute atomic E-state index is 13.3. The van der Waals surface area contributed by atoms with Crippen molar-refractivity contribution >= 4 is 11.6 Å². The first-order chi connectivity index (χ1) is 9.03. The van der Waals surface area contributed by atoms with Crippen LogP contribution >= 0.6 is 0 Å². The molecule has 1 heterocycles. The van der Waals surface area contributed by atoms with Crippen molar-refractivity contribution in [1.29, 1.82) is 0 Å². The van der Waals surface area contributed by atoms with E-state index in [0.29, 0.717) is 15.7 Å². The molecule has 0 bridgehead atoms. The number of carbonyl (C=O) groups is 1. The minimum atomic E-state index is -4.55. The van der Waals surface area contributed by atoms with Crippen LogP contribution in [0.1, 0.15) is 13.0 Å². The molecular weight excluding hydrogens is 282 g/mol. The van der Waals surface area contributed by atoms with Gasteiger partial charge in [0.15, 0.2) is 5.82 Å². The molecule has 1 aromatic heterocycles. The lowest BCUT2D eigenvalue weighted by atomic mass is 10.2. The van der Waals surface area contributed by atoms with Crippen LogP contribution in [0.15, 0.2) is 17.1 Å². The Morgan fingerprint density at radius 1 is 1.50 bits per heavy atom. The fourth-order valence-electron chi connectivity index (χ4n) is 1.62. The van der Waals surface area contributed by atoms with Gasteiger partial charge in [0.1, 0.15) is 12.6 Å². The molecule has 0 aliphatic heterocycles. The lowest BCUT2D eigenvalue weighted by Crippen LogP contribution is -2.41. The molecule has 9 heteroatoms. The summed E-state index contributed by atoms with van der Waals surface area (Å²) in [7, 11) is 0.949. The highest BCUT2D eigenvalue weighted by Crippen LogP contribution is 2.18. The monoisotopic (exact) mass is 295 g/mol. The van der Waals surface area contributed by atoms with E-state index in [1.807, 2.05) is 0 Å². The zero-order chi connectivity index (χ0) is 15.7. The fraction of sp³-hybridized carbons (Fsp3) is 0.455. The van der Waals surface area contributed by atoms with Crippen molar-refractivity contribution in [3.8, 4) is 0 Å². The second-order valence-electron chi connectivity index (χ2n) is 4.31. The van der Waals surface area contributed by atoms with Crippen LogP contribution in [0, 0.1) is 5.82 Å². The van der Waals surface area contributed by atoms with Gasteiger partial charge in [-0.3, -0.25) is 9.59 Å². The van der Waals surface area contributed by atoms with Crippen LogP contribution in [0.3, 0.4) is 0 Å². The van der Waals surface area contributed by atoms with E-state index in [1.54, 1.807) is 0 Å². The van der Waals surface area contributed by atoms with E-state index in [9.17, 15) is 27.2 Å². The molecule has 0 aliphatic carbocycles. The third-order valence-corrected chi connectivity index (χ3v) is 2.63. The molecule has 5 nitrogen and oxygen atoms in total. The van der Waals surface area contributed by atoms with Gasteiger partial charge in [0.25, 0.3) is 5.56 Å². The van der Waals surface area contributed by atoms with Crippen molar-refractivity contribution in [2.24, 2.45) is 0 Å². The summed E-state index contributed by atoms with van der Waals surface area (Å²) >= 11 is 0. The van der Waals surface area contributed by atoms with Crippen molar-refractivity contribution in [3.63, 3.8) is 0 Å². The van der Waals surface area contributed by atoms with Gasteiger partial charge in [-0.2, -0.15) is 13.2 Å². The number of alkyl halides is 3. The minimum Gasteiger partial charge on any atom is -0.396 e. The number of carbonyl (C=O) groups excluding carboxylic acids is 1. The van der Waals surface area contributed by atoms with Crippen LogP contribution in [0.4, 0.5) is 23.2 Å². The van der Waals surface area contributed by atoms with Gasteiger partial charge in [0, 0.05) is 19.3 Å². The van der Waals surface area contributed by atoms with E-state index in [0.717, 1.165) is 13.1 Å². The number of halogens is 4. The lowest BCUT2D eigenvalue weighted by Gasteiger charge is -2.23. The number of pyridine rings is 1. The molecule has 112 valence electrons. The van der Waals surface area contributed by atoms with Crippen LogP contribution in [0.5, 0.6) is 0 Å². The Balaban J connectivity index is 3.01. The van der Waals surface area contributed by atoms with Crippen LogP contribution in [0.25, 0.3) is 0 Å². The topological polar surface area (TPSA) is 68.3 Å². The van der Waals surface area contributed by atoms with E-state index in [1.165, 1.54) is 6.92 Å². The molecule has 20 heavy (non-hydrogen) atoms. The fourth-order valence-corrected chi connectivity index (χ4v) is 1.62. The van der Waals surface area contributed by atoms with Gasteiger partial charge in [0.2, 0.25) is 5.91 Å². The Morgan fingerprint density at radius 3 is 2.55 bits per heavy atom. The number of nitrogens with zero attached hydrogens (tertiary/aromatic N) is 2. The summed E-state index contributed by atoms with van der Waals surface area (Å²) < 4.78 is 50.5. The third-order valence-electron chi connectivity index (χ3n) is 2.63. The first kappa shape index (κ1) is 16.0. The van der Waals surface area contributed by atoms with Crippen molar-refractivity contribution in [2.75, 3.05) is 19.3 Å². The first-order valence-corrected chi connectivity index (χ1v) is 5.52. The molecule has 1 atom stereocenters. The number of hydrogen-bond donors (Lipinski definition) is 1.